The van der Waals surface area contributed by atoms with Crippen molar-refractivity contribution in [3.05, 3.63) is 35.5 Å². The summed E-state index contributed by atoms with van der Waals surface area (Å²) in [7, 11) is 2.13. The lowest BCUT2D eigenvalue weighted by Crippen LogP contribution is -2.44. The highest BCUT2D eigenvalue weighted by molar-refractivity contribution is 5.89. The van der Waals surface area contributed by atoms with Crippen LogP contribution in [0.1, 0.15) is 45.4 Å². The number of carbonyl (C=O) groups is 1. The summed E-state index contributed by atoms with van der Waals surface area (Å²) in [5.41, 5.74) is 3.21. The predicted molar refractivity (Wildman–Crippen MR) is 138 cm³/mol. The molecule has 2 unspecified atom stereocenters. The minimum Gasteiger partial charge on any atom is -0.377 e. The van der Waals surface area contributed by atoms with Gasteiger partial charge in [-0.05, 0) is 65.0 Å². The molecule has 0 aliphatic carbocycles. The molecule has 1 aromatic heterocycles. The molecule has 2 aromatic rings. The van der Waals surface area contributed by atoms with Gasteiger partial charge in [-0.2, -0.15) is 0 Å². The van der Waals surface area contributed by atoms with Gasteiger partial charge in [0, 0.05) is 36.4 Å². The van der Waals surface area contributed by atoms with Crippen molar-refractivity contribution in [3.63, 3.8) is 0 Å². The Morgan fingerprint density at radius 3 is 2.71 bits per heavy atom. The molecule has 2 aliphatic rings. The first-order valence-electron chi connectivity index (χ1n) is 12.6. The number of urea groups is 1. The molecule has 4 rings (SSSR count). The second-order valence-corrected chi connectivity index (χ2v) is 9.54. The Morgan fingerprint density at radius 1 is 1.26 bits per heavy atom. The van der Waals surface area contributed by atoms with Crippen LogP contribution in [0, 0.1) is 0 Å². The van der Waals surface area contributed by atoms with Crippen molar-refractivity contribution >= 4 is 17.5 Å². The molecule has 0 radical (unpaired) electrons. The highest BCUT2D eigenvalue weighted by Gasteiger charge is 2.41. The van der Waals surface area contributed by atoms with E-state index in [0.717, 1.165) is 54.4 Å². The summed E-state index contributed by atoms with van der Waals surface area (Å²) >= 11 is 0. The van der Waals surface area contributed by atoms with Gasteiger partial charge in [0.2, 0.25) is 0 Å². The van der Waals surface area contributed by atoms with Gasteiger partial charge in [-0.25, -0.2) is 14.8 Å². The molecule has 0 spiro atoms. The molecule has 1 aromatic carbocycles. The molecule has 190 valence electrons. The number of carbonyl (C=O) groups excluding carboxylic acids is 1. The number of aromatic nitrogens is 2. The Bertz CT molecular complexity index is 1030. The highest BCUT2D eigenvalue weighted by atomic mass is 16.5. The smallest absolute Gasteiger partial charge is 0.319 e. The standard InChI is InChI=1S/C26H38N6O3/c1-6-27-25(33)28-20-10-8-19(9-11-20)23-29-22-21(17-35-26(22,4)12-13-31(5)7-2)24(30-23)32-14-15-34-16-18(32)3/h8-11,18H,6-7,12-17H2,1-5H3,(H2,27,28,33). The maximum atomic E-state index is 11.9. The van der Waals surface area contributed by atoms with E-state index in [2.05, 4.69) is 48.3 Å². The van der Waals surface area contributed by atoms with Crippen molar-refractivity contribution < 1.29 is 14.3 Å². The molecule has 1 fully saturated rings. The van der Waals surface area contributed by atoms with Crippen LogP contribution in [0.4, 0.5) is 16.3 Å². The van der Waals surface area contributed by atoms with Gasteiger partial charge < -0.3 is 29.9 Å². The van der Waals surface area contributed by atoms with Crippen LogP contribution in [0.3, 0.4) is 0 Å². The molecule has 2 aliphatic heterocycles. The van der Waals surface area contributed by atoms with Crippen molar-refractivity contribution in [2.75, 3.05) is 56.7 Å². The number of fused-ring (bicyclic) bond motifs is 1. The van der Waals surface area contributed by atoms with Crippen molar-refractivity contribution in [2.24, 2.45) is 0 Å². The summed E-state index contributed by atoms with van der Waals surface area (Å²) in [6, 6.07) is 7.66. The number of amides is 2. The normalized spacial score (nSPS) is 21.8. The van der Waals surface area contributed by atoms with Gasteiger partial charge in [-0.1, -0.05) is 6.92 Å². The van der Waals surface area contributed by atoms with Crippen molar-refractivity contribution in [2.45, 2.75) is 52.4 Å². The molecular formula is C26H38N6O3. The van der Waals surface area contributed by atoms with Gasteiger partial charge in [0.15, 0.2) is 5.82 Å². The minimum absolute atomic E-state index is 0.220. The van der Waals surface area contributed by atoms with Crippen molar-refractivity contribution in [3.8, 4) is 11.4 Å². The Morgan fingerprint density at radius 2 is 2.03 bits per heavy atom. The number of nitrogens with one attached hydrogen (secondary N) is 2. The lowest BCUT2D eigenvalue weighted by molar-refractivity contribution is -0.0360. The first kappa shape index (κ1) is 25.3. The fourth-order valence-corrected chi connectivity index (χ4v) is 4.54. The third-order valence-corrected chi connectivity index (χ3v) is 6.91. The first-order valence-corrected chi connectivity index (χ1v) is 12.6. The number of hydrogen-bond acceptors (Lipinski definition) is 7. The molecule has 1 saturated heterocycles. The van der Waals surface area contributed by atoms with Gasteiger partial charge in [-0.3, -0.25) is 0 Å². The number of benzene rings is 1. The van der Waals surface area contributed by atoms with Crippen LogP contribution in [0.2, 0.25) is 0 Å². The summed E-state index contributed by atoms with van der Waals surface area (Å²) in [5.74, 6) is 1.61. The van der Waals surface area contributed by atoms with Gasteiger partial charge in [0.25, 0.3) is 0 Å². The summed E-state index contributed by atoms with van der Waals surface area (Å²) in [6.07, 6.45) is 0.855. The zero-order valence-corrected chi connectivity index (χ0v) is 21.6. The fraction of sp³-hybridized carbons (Fsp3) is 0.577. The molecule has 9 heteroatoms. The molecule has 0 bridgehead atoms. The lowest BCUT2D eigenvalue weighted by atomic mass is 9.95. The van der Waals surface area contributed by atoms with Crippen LogP contribution in [0.15, 0.2) is 24.3 Å². The molecular weight excluding hydrogens is 444 g/mol. The van der Waals surface area contributed by atoms with E-state index in [1.165, 1.54) is 0 Å². The monoisotopic (exact) mass is 482 g/mol. The molecule has 3 heterocycles. The van der Waals surface area contributed by atoms with E-state index in [1.54, 1.807) is 0 Å². The third kappa shape index (κ3) is 5.58. The summed E-state index contributed by atoms with van der Waals surface area (Å²) < 4.78 is 12.1. The van der Waals surface area contributed by atoms with E-state index in [9.17, 15) is 4.79 Å². The Hall–Kier alpha value is -2.75. The van der Waals surface area contributed by atoms with Gasteiger partial charge in [0.1, 0.15) is 11.4 Å². The van der Waals surface area contributed by atoms with E-state index in [-0.39, 0.29) is 12.1 Å². The lowest BCUT2D eigenvalue weighted by Gasteiger charge is -2.35. The van der Waals surface area contributed by atoms with Crippen molar-refractivity contribution in [1.82, 2.24) is 20.2 Å². The number of anilines is 2. The largest absolute Gasteiger partial charge is 0.377 e. The Balaban J connectivity index is 1.70. The average molecular weight is 483 g/mol. The minimum atomic E-state index is -0.472. The summed E-state index contributed by atoms with van der Waals surface area (Å²) in [4.78, 5) is 26.6. The van der Waals surface area contributed by atoms with E-state index in [4.69, 9.17) is 19.4 Å². The quantitative estimate of drug-likeness (QED) is 0.594. The summed E-state index contributed by atoms with van der Waals surface area (Å²) in [6.45, 7) is 13.5. The molecule has 35 heavy (non-hydrogen) atoms. The third-order valence-electron chi connectivity index (χ3n) is 6.91. The van der Waals surface area contributed by atoms with Crippen LogP contribution in [0.25, 0.3) is 11.4 Å². The molecule has 9 nitrogen and oxygen atoms in total. The molecule has 2 amide bonds. The zero-order valence-electron chi connectivity index (χ0n) is 21.6. The number of morpholine rings is 1. The number of hydrogen-bond donors (Lipinski definition) is 2. The van der Waals surface area contributed by atoms with E-state index in [1.807, 2.05) is 31.2 Å². The maximum Gasteiger partial charge on any atom is 0.319 e. The SMILES string of the molecule is CCNC(=O)Nc1ccc(-c2nc(N3CCOCC3C)c3c(n2)C(C)(CCN(C)CC)OC3)cc1. The fourth-order valence-electron chi connectivity index (χ4n) is 4.54. The van der Waals surface area contributed by atoms with E-state index < -0.39 is 5.60 Å². The van der Waals surface area contributed by atoms with Crippen LogP contribution < -0.4 is 15.5 Å². The number of nitrogens with zero attached hydrogens (tertiary/aromatic N) is 4. The van der Waals surface area contributed by atoms with Crippen molar-refractivity contribution in [1.29, 1.82) is 0 Å². The number of rotatable bonds is 8. The van der Waals surface area contributed by atoms with Crippen LogP contribution >= 0.6 is 0 Å². The van der Waals surface area contributed by atoms with E-state index in [0.29, 0.717) is 32.2 Å². The second-order valence-electron chi connectivity index (χ2n) is 9.54. The summed E-state index contributed by atoms with van der Waals surface area (Å²) in [5, 5.41) is 5.58. The molecule has 2 N–H and O–H groups in total. The molecule has 2 atom stereocenters. The maximum absolute atomic E-state index is 11.9. The highest BCUT2D eigenvalue weighted by Crippen LogP contribution is 2.43. The Labute approximate surface area is 208 Å². The topological polar surface area (TPSA) is 91.9 Å². The second kappa shape index (κ2) is 10.9. The average Bonchev–Trinajstić information content (AvgIpc) is 3.20. The first-order chi connectivity index (χ1) is 16.8. The predicted octanol–water partition coefficient (Wildman–Crippen LogP) is 3.60. The van der Waals surface area contributed by atoms with E-state index >= 15 is 0 Å². The van der Waals surface area contributed by atoms with Gasteiger partial charge in [-0.15, -0.1) is 0 Å². The molecule has 0 saturated carbocycles. The van der Waals surface area contributed by atoms with Crippen LogP contribution in [-0.2, 0) is 21.7 Å². The number of ether oxygens (including phenoxy) is 2. The van der Waals surface area contributed by atoms with Crippen LogP contribution in [0.5, 0.6) is 0 Å². The zero-order chi connectivity index (χ0) is 25.0. The van der Waals surface area contributed by atoms with Gasteiger partial charge >= 0.3 is 6.03 Å². The Kier molecular flexibility index (Phi) is 7.88. The van der Waals surface area contributed by atoms with Crippen LogP contribution in [-0.4, -0.2) is 73.4 Å². The van der Waals surface area contributed by atoms with Gasteiger partial charge in [0.05, 0.1) is 31.6 Å².